The van der Waals surface area contributed by atoms with E-state index in [1.54, 1.807) is 0 Å². The Labute approximate surface area is 133 Å². The van der Waals surface area contributed by atoms with E-state index in [2.05, 4.69) is 9.82 Å². The van der Waals surface area contributed by atoms with Crippen LogP contribution in [0.15, 0.2) is 0 Å². The molecule has 1 aromatic heterocycles. The van der Waals surface area contributed by atoms with E-state index in [0.717, 1.165) is 23.4 Å². The molecule has 0 unspecified atom stereocenters. The van der Waals surface area contributed by atoms with E-state index in [1.807, 2.05) is 39.4 Å². The van der Waals surface area contributed by atoms with E-state index in [9.17, 15) is 8.42 Å². The summed E-state index contributed by atoms with van der Waals surface area (Å²) in [5.41, 5.74) is 3.15. The number of hydrogen-bond acceptors (Lipinski definition) is 4. The van der Waals surface area contributed by atoms with E-state index in [4.69, 9.17) is 4.74 Å². The van der Waals surface area contributed by atoms with Gasteiger partial charge in [-0.05, 0) is 26.2 Å². The number of hydrogen-bond donors (Lipinski definition) is 1. The molecule has 1 aliphatic heterocycles. The molecular weight excluding hydrogens is 302 g/mol. The van der Waals surface area contributed by atoms with E-state index in [-0.39, 0.29) is 23.7 Å². The molecule has 2 rings (SSSR count). The Balaban J connectivity index is 2.08. The Hall–Kier alpha value is -0.920. The maximum Gasteiger partial charge on any atom is 0.211 e. The summed E-state index contributed by atoms with van der Waals surface area (Å²) in [4.78, 5) is 0. The highest BCUT2D eigenvalue weighted by atomic mass is 32.2. The number of ether oxygens (including phenoxy) is 1. The molecule has 0 spiro atoms. The van der Waals surface area contributed by atoms with Crippen molar-refractivity contribution in [3.63, 3.8) is 0 Å². The lowest BCUT2D eigenvalue weighted by Crippen LogP contribution is -2.33. The van der Waals surface area contributed by atoms with Crippen molar-refractivity contribution in [3.05, 3.63) is 17.0 Å². The van der Waals surface area contributed by atoms with E-state index < -0.39 is 10.0 Å². The van der Waals surface area contributed by atoms with Crippen molar-refractivity contribution in [2.75, 3.05) is 18.9 Å². The second-order valence-electron chi connectivity index (χ2n) is 6.57. The molecule has 7 heteroatoms. The van der Waals surface area contributed by atoms with Crippen LogP contribution < -0.4 is 4.72 Å². The maximum absolute atomic E-state index is 12.0. The van der Waals surface area contributed by atoms with Crippen LogP contribution in [-0.2, 0) is 21.8 Å². The van der Waals surface area contributed by atoms with Crippen LogP contribution in [0.5, 0.6) is 0 Å². The zero-order valence-electron chi connectivity index (χ0n) is 14.1. The molecule has 2 heterocycles. The van der Waals surface area contributed by atoms with Crippen LogP contribution in [0, 0.1) is 25.7 Å². The van der Waals surface area contributed by atoms with Gasteiger partial charge < -0.3 is 4.74 Å². The molecule has 2 atom stereocenters. The molecule has 0 aliphatic carbocycles. The van der Waals surface area contributed by atoms with Crippen molar-refractivity contribution in [3.8, 4) is 0 Å². The molecule has 0 radical (unpaired) electrons. The van der Waals surface area contributed by atoms with Crippen molar-refractivity contribution in [2.24, 2.45) is 18.9 Å². The molecule has 6 nitrogen and oxygen atoms in total. The Kier molecular flexibility index (Phi) is 5.29. The van der Waals surface area contributed by atoms with Gasteiger partial charge in [-0.2, -0.15) is 5.10 Å². The van der Waals surface area contributed by atoms with E-state index in [1.165, 1.54) is 0 Å². The smallest absolute Gasteiger partial charge is 0.211 e. The highest BCUT2D eigenvalue weighted by molar-refractivity contribution is 7.89. The van der Waals surface area contributed by atoms with Crippen LogP contribution in [-0.4, -0.2) is 37.1 Å². The Morgan fingerprint density at radius 3 is 2.64 bits per heavy atom. The second kappa shape index (κ2) is 6.68. The van der Waals surface area contributed by atoms with Gasteiger partial charge in [-0.25, -0.2) is 13.1 Å². The monoisotopic (exact) mass is 329 g/mol. The van der Waals surface area contributed by atoms with Crippen LogP contribution >= 0.6 is 0 Å². The van der Waals surface area contributed by atoms with Crippen molar-refractivity contribution in [1.29, 1.82) is 0 Å². The van der Waals surface area contributed by atoms with Crippen molar-refractivity contribution in [1.82, 2.24) is 14.5 Å². The fourth-order valence-corrected chi connectivity index (χ4v) is 4.56. The van der Waals surface area contributed by atoms with Gasteiger partial charge in [0.25, 0.3) is 0 Å². The van der Waals surface area contributed by atoms with Crippen LogP contribution in [0.3, 0.4) is 0 Å². The molecular formula is C15H27N3O3S. The Morgan fingerprint density at radius 1 is 1.41 bits per heavy atom. The molecule has 1 fully saturated rings. The molecule has 0 saturated carbocycles. The molecule has 22 heavy (non-hydrogen) atoms. The molecule has 1 aliphatic rings. The molecule has 0 aromatic carbocycles. The first-order chi connectivity index (χ1) is 10.2. The van der Waals surface area contributed by atoms with Gasteiger partial charge in [-0.15, -0.1) is 0 Å². The quantitative estimate of drug-likeness (QED) is 0.862. The molecule has 126 valence electrons. The summed E-state index contributed by atoms with van der Waals surface area (Å²) in [5, 5.41) is 4.44. The zero-order valence-corrected chi connectivity index (χ0v) is 14.9. The predicted molar refractivity (Wildman–Crippen MR) is 86.1 cm³/mol. The SMILES string of the molecule is Cc1nn(C)c(C)c1[C@H]1OCC[C@@H]1CNS(=O)(=O)CC(C)C. The first kappa shape index (κ1) is 17.4. The Morgan fingerprint density at radius 2 is 2.09 bits per heavy atom. The van der Waals surface area contributed by atoms with Gasteiger partial charge in [-0.1, -0.05) is 13.8 Å². The standard InChI is InChI=1S/C15H27N3O3S/c1-10(2)9-22(19,20)16-8-13-6-7-21-15(13)14-11(3)17-18(5)12(14)4/h10,13,15-16H,6-9H2,1-5H3/t13-,15+/m1/s1. The summed E-state index contributed by atoms with van der Waals surface area (Å²) in [6.07, 6.45) is 0.790. The summed E-state index contributed by atoms with van der Waals surface area (Å²) < 4.78 is 34.5. The fraction of sp³-hybridized carbons (Fsp3) is 0.800. The van der Waals surface area contributed by atoms with Gasteiger partial charge in [0.1, 0.15) is 0 Å². The topological polar surface area (TPSA) is 73.2 Å². The van der Waals surface area contributed by atoms with Gasteiger partial charge >= 0.3 is 0 Å². The minimum Gasteiger partial charge on any atom is -0.373 e. The summed E-state index contributed by atoms with van der Waals surface area (Å²) >= 11 is 0. The first-order valence-electron chi connectivity index (χ1n) is 7.80. The second-order valence-corrected chi connectivity index (χ2v) is 8.42. The van der Waals surface area contributed by atoms with Crippen LogP contribution in [0.4, 0.5) is 0 Å². The minimum absolute atomic E-state index is 0.0737. The third-order valence-corrected chi connectivity index (χ3v) is 5.89. The van der Waals surface area contributed by atoms with Crippen LogP contribution in [0.2, 0.25) is 0 Å². The van der Waals surface area contributed by atoms with Gasteiger partial charge in [0.2, 0.25) is 10.0 Å². The predicted octanol–water partition coefficient (Wildman–Crippen LogP) is 1.69. The zero-order chi connectivity index (χ0) is 16.5. The summed E-state index contributed by atoms with van der Waals surface area (Å²) in [6, 6.07) is 0. The molecule has 1 aromatic rings. The largest absolute Gasteiger partial charge is 0.373 e. The van der Waals surface area contributed by atoms with Crippen LogP contribution in [0.1, 0.15) is 43.3 Å². The molecule has 0 amide bonds. The number of rotatable bonds is 6. The van der Waals surface area contributed by atoms with E-state index >= 15 is 0 Å². The van der Waals surface area contributed by atoms with Crippen molar-refractivity contribution >= 4 is 10.0 Å². The molecule has 1 N–H and O–H groups in total. The van der Waals surface area contributed by atoms with Crippen LogP contribution in [0.25, 0.3) is 0 Å². The maximum atomic E-state index is 12.0. The lowest BCUT2D eigenvalue weighted by atomic mass is 9.94. The summed E-state index contributed by atoms with van der Waals surface area (Å²) in [6.45, 7) is 8.90. The average Bonchev–Trinajstić information content (AvgIpc) is 2.91. The molecule has 1 saturated heterocycles. The van der Waals surface area contributed by atoms with Gasteiger partial charge in [0, 0.05) is 37.4 Å². The van der Waals surface area contributed by atoms with Gasteiger partial charge in [0.05, 0.1) is 17.6 Å². The minimum atomic E-state index is -3.22. The van der Waals surface area contributed by atoms with Crippen molar-refractivity contribution in [2.45, 2.75) is 40.2 Å². The van der Waals surface area contributed by atoms with Gasteiger partial charge in [-0.3, -0.25) is 4.68 Å². The average molecular weight is 329 g/mol. The van der Waals surface area contributed by atoms with E-state index in [0.29, 0.717) is 13.2 Å². The summed E-state index contributed by atoms with van der Waals surface area (Å²) in [5.74, 6) is 0.440. The third kappa shape index (κ3) is 3.88. The highest BCUT2D eigenvalue weighted by Crippen LogP contribution is 2.37. The highest BCUT2D eigenvalue weighted by Gasteiger charge is 2.34. The first-order valence-corrected chi connectivity index (χ1v) is 9.45. The number of nitrogens with one attached hydrogen (secondary N) is 1. The fourth-order valence-electron chi connectivity index (χ4n) is 3.10. The van der Waals surface area contributed by atoms with Gasteiger partial charge in [0.15, 0.2) is 0 Å². The number of nitrogens with zero attached hydrogens (tertiary/aromatic N) is 2. The number of aromatic nitrogens is 2. The normalized spacial score (nSPS) is 22.6. The third-order valence-electron chi connectivity index (χ3n) is 4.18. The lowest BCUT2D eigenvalue weighted by Gasteiger charge is -2.20. The Bertz CT molecular complexity index is 622. The number of sulfonamides is 1. The lowest BCUT2D eigenvalue weighted by molar-refractivity contribution is 0.0906. The molecule has 0 bridgehead atoms. The van der Waals surface area contributed by atoms with Crippen molar-refractivity contribution < 1.29 is 13.2 Å². The number of aryl methyl sites for hydroxylation is 2. The summed E-state index contributed by atoms with van der Waals surface area (Å²) in [7, 11) is -1.30.